The second-order valence-corrected chi connectivity index (χ2v) is 6.39. The van der Waals surface area contributed by atoms with E-state index in [1.54, 1.807) is 24.5 Å². The molecule has 134 valence electrons. The van der Waals surface area contributed by atoms with Crippen LogP contribution in [0, 0.1) is 6.92 Å². The molecule has 0 aliphatic carbocycles. The first-order chi connectivity index (χ1) is 12.1. The number of hydrogen-bond donors (Lipinski definition) is 0. The molecule has 1 fully saturated rings. The van der Waals surface area contributed by atoms with E-state index in [0.717, 1.165) is 13.1 Å². The minimum Gasteiger partial charge on any atom is -0.367 e. The lowest BCUT2D eigenvalue weighted by Gasteiger charge is -2.45. The number of hydrogen-bond acceptors (Lipinski definition) is 3. The van der Waals surface area contributed by atoms with E-state index in [4.69, 9.17) is 0 Å². The van der Waals surface area contributed by atoms with Crippen LogP contribution in [-0.2, 0) is 0 Å². The Bertz CT molecular complexity index is 657. The highest BCUT2D eigenvalue weighted by Crippen LogP contribution is 2.24. The zero-order valence-corrected chi connectivity index (χ0v) is 15.9. The Labute approximate surface area is 151 Å². The monoisotopic (exact) mass is 339 g/mol. The zero-order chi connectivity index (χ0) is 18.4. The van der Waals surface area contributed by atoms with Crippen molar-refractivity contribution in [1.29, 1.82) is 0 Å². The third kappa shape index (κ3) is 4.38. The van der Waals surface area contributed by atoms with Crippen LogP contribution in [0.25, 0.3) is 0 Å². The average Bonchev–Trinajstić information content (AvgIpc) is 2.64. The molecule has 0 saturated carbocycles. The van der Waals surface area contributed by atoms with E-state index >= 15 is 0 Å². The number of piperazine rings is 1. The summed E-state index contributed by atoms with van der Waals surface area (Å²) in [6, 6.07) is 12.5. The fraction of sp³-hybridized carbons (Fsp3) is 0.429. The highest BCUT2D eigenvalue weighted by molar-refractivity contribution is 5.94. The van der Waals surface area contributed by atoms with Crippen LogP contribution in [0.5, 0.6) is 0 Å². The highest BCUT2D eigenvalue weighted by atomic mass is 16.2. The fourth-order valence-corrected chi connectivity index (χ4v) is 3.33. The van der Waals surface area contributed by atoms with Gasteiger partial charge in [-0.25, -0.2) is 0 Å². The van der Waals surface area contributed by atoms with Gasteiger partial charge in [-0.1, -0.05) is 31.5 Å². The van der Waals surface area contributed by atoms with Crippen LogP contribution in [-0.4, -0.2) is 41.0 Å². The van der Waals surface area contributed by atoms with Crippen molar-refractivity contribution in [3.63, 3.8) is 0 Å². The van der Waals surface area contributed by atoms with E-state index in [0.29, 0.717) is 5.56 Å². The summed E-state index contributed by atoms with van der Waals surface area (Å²) < 4.78 is 0. The second kappa shape index (κ2) is 8.65. The van der Waals surface area contributed by atoms with Crippen molar-refractivity contribution in [2.75, 3.05) is 18.0 Å². The Balaban J connectivity index is 0.00000109. The van der Waals surface area contributed by atoms with Crippen LogP contribution in [0.15, 0.2) is 48.8 Å². The van der Waals surface area contributed by atoms with Crippen molar-refractivity contribution in [1.82, 2.24) is 9.88 Å². The van der Waals surface area contributed by atoms with Crippen LogP contribution < -0.4 is 4.90 Å². The number of amides is 1. The average molecular weight is 339 g/mol. The van der Waals surface area contributed by atoms with Crippen molar-refractivity contribution in [3.05, 3.63) is 59.9 Å². The maximum atomic E-state index is 12.8. The molecule has 1 aliphatic heterocycles. The summed E-state index contributed by atoms with van der Waals surface area (Å²) in [6.45, 7) is 12.0. The molecule has 1 aromatic carbocycles. The summed E-state index contributed by atoms with van der Waals surface area (Å²) in [5.41, 5.74) is 3.20. The van der Waals surface area contributed by atoms with Gasteiger partial charge in [0.05, 0.1) is 0 Å². The molecule has 4 heteroatoms. The van der Waals surface area contributed by atoms with Gasteiger partial charge in [-0.2, -0.15) is 0 Å². The smallest absolute Gasteiger partial charge is 0.254 e. The Morgan fingerprint density at radius 1 is 0.960 bits per heavy atom. The third-order valence-electron chi connectivity index (χ3n) is 4.48. The van der Waals surface area contributed by atoms with Gasteiger partial charge in [0.2, 0.25) is 0 Å². The van der Waals surface area contributed by atoms with Crippen molar-refractivity contribution in [2.45, 2.75) is 46.7 Å². The SMILES string of the molecule is CC.Cc1ccc(N2CC(C)N(C(=O)c3ccncc3)C(C)C2)cc1. The van der Waals surface area contributed by atoms with E-state index in [1.807, 2.05) is 18.7 Å². The molecule has 2 aromatic rings. The number of carbonyl (C=O) groups excluding carboxylic acids is 1. The third-order valence-corrected chi connectivity index (χ3v) is 4.48. The molecule has 0 radical (unpaired) electrons. The standard InChI is InChI=1S/C19H23N3O.C2H6/c1-14-4-6-18(7-5-14)21-12-15(2)22(16(3)13-21)19(23)17-8-10-20-11-9-17;1-2/h4-11,15-16H,12-13H2,1-3H3;1-2H3. The Hall–Kier alpha value is -2.36. The first-order valence-corrected chi connectivity index (χ1v) is 9.10. The Morgan fingerprint density at radius 2 is 1.48 bits per heavy atom. The molecule has 2 unspecified atom stereocenters. The predicted molar refractivity (Wildman–Crippen MR) is 104 cm³/mol. The Morgan fingerprint density at radius 3 is 2.00 bits per heavy atom. The number of aryl methyl sites for hydroxylation is 1. The van der Waals surface area contributed by atoms with Crippen molar-refractivity contribution >= 4 is 11.6 Å². The van der Waals surface area contributed by atoms with E-state index in [9.17, 15) is 4.79 Å². The lowest BCUT2D eigenvalue weighted by molar-refractivity contribution is 0.0574. The summed E-state index contributed by atoms with van der Waals surface area (Å²) in [7, 11) is 0. The van der Waals surface area contributed by atoms with Crippen LogP contribution in [0.4, 0.5) is 5.69 Å². The minimum atomic E-state index is 0.0935. The molecule has 1 saturated heterocycles. The summed E-state index contributed by atoms with van der Waals surface area (Å²) in [4.78, 5) is 21.1. The van der Waals surface area contributed by atoms with Gasteiger partial charge in [-0.05, 0) is 45.0 Å². The van der Waals surface area contributed by atoms with Crippen molar-refractivity contribution in [2.24, 2.45) is 0 Å². The predicted octanol–water partition coefficient (Wildman–Crippen LogP) is 4.16. The van der Waals surface area contributed by atoms with Crippen LogP contribution in [0.1, 0.15) is 43.6 Å². The van der Waals surface area contributed by atoms with E-state index in [-0.39, 0.29) is 18.0 Å². The minimum absolute atomic E-state index is 0.0935. The van der Waals surface area contributed by atoms with Gasteiger partial charge in [0.25, 0.3) is 5.91 Å². The second-order valence-electron chi connectivity index (χ2n) is 6.39. The number of rotatable bonds is 2. The molecule has 1 aliphatic rings. The van der Waals surface area contributed by atoms with Crippen molar-refractivity contribution < 1.29 is 4.79 Å². The molecule has 1 aromatic heterocycles. The number of anilines is 1. The van der Waals surface area contributed by atoms with E-state index in [2.05, 4.69) is 54.9 Å². The molecule has 0 N–H and O–H groups in total. The molecule has 0 spiro atoms. The molecule has 3 rings (SSSR count). The van der Waals surface area contributed by atoms with Gasteiger partial charge < -0.3 is 9.80 Å². The fourth-order valence-electron chi connectivity index (χ4n) is 3.33. The summed E-state index contributed by atoms with van der Waals surface area (Å²) in [5.74, 6) is 0.0935. The van der Waals surface area contributed by atoms with Crippen LogP contribution in [0.2, 0.25) is 0 Å². The van der Waals surface area contributed by atoms with Gasteiger partial charge >= 0.3 is 0 Å². The topological polar surface area (TPSA) is 36.4 Å². The van der Waals surface area contributed by atoms with Gasteiger partial charge in [0, 0.05) is 48.8 Å². The van der Waals surface area contributed by atoms with E-state index < -0.39 is 0 Å². The lowest BCUT2D eigenvalue weighted by atomic mass is 10.0. The maximum absolute atomic E-state index is 12.8. The molecule has 25 heavy (non-hydrogen) atoms. The molecule has 1 amide bonds. The quantitative estimate of drug-likeness (QED) is 0.824. The van der Waals surface area contributed by atoms with Crippen molar-refractivity contribution in [3.8, 4) is 0 Å². The van der Waals surface area contributed by atoms with Gasteiger partial charge in [-0.3, -0.25) is 9.78 Å². The number of pyridine rings is 1. The summed E-state index contributed by atoms with van der Waals surface area (Å²) >= 11 is 0. The molecule has 0 bridgehead atoms. The van der Waals surface area contributed by atoms with E-state index in [1.165, 1.54) is 11.3 Å². The van der Waals surface area contributed by atoms with Gasteiger partial charge in [-0.15, -0.1) is 0 Å². The zero-order valence-electron chi connectivity index (χ0n) is 15.9. The largest absolute Gasteiger partial charge is 0.367 e. The van der Waals surface area contributed by atoms with Crippen LogP contribution >= 0.6 is 0 Å². The molecular formula is C21H29N3O. The number of benzene rings is 1. The summed E-state index contributed by atoms with van der Waals surface area (Å²) in [6.07, 6.45) is 3.34. The molecular weight excluding hydrogens is 310 g/mol. The first-order valence-electron chi connectivity index (χ1n) is 9.10. The highest BCUT2D eigenvalue weighted by Gasteiger charge is 2.33. The molecule has 2 atom stereocenters. The Kier molecular flexibility index (Phi) is 6.57. The number of carbonyl (C=O) groups is 1. The molecule has 2 heterocycles. The van der Waals surface area contributed by atoms with Gasteiger partial charge in [0.15, 0.2) is 0 Å². The summed E-state index contributed by atoms with van der Waals surface area (Å²) in [5, 5.41) is 0. The maximum Gasteiger partial charge on any atom is 0.254 e. The van der Waals surface area contributed by atoms with Crippen LogP contribution in [0.3, 0.4) is 0 Å². The number of aromatic nitrogens is 1. The first kappa shape index (κ1) is 19.0. The van der Waals surface area contributed by atoms with Gasteiger partial charge in [0.1, 0.15) is 0 Å². The number of nitrogens with zero attached hydrogens (tertiary/aromatic N) is 3. The molecule has 4 nitrogen and oxygen atoms in total. The lowest BCUT2D eigenvalue weighted by Crippen LogP contribution is -2.58. The normalized spacial score (nSPS) is 19.9.